The lowest BCUT2D eigenvalue weighted by Crippen LogP contribution is -2.43. The number of carbonyl (C=O) groups excluding carboxylic acids is 1. The van der Waals surface area contributed by atoms with Crippen molar-refractivity contribution in [2.45, 2.75) is 6.42 Å². The molecule has 1 fully saturated rings. The van der Waals surface area contributed by atoms with E-state index in [1.165, 1.54) is 12.1 Å². The van der Waals surface area contributed by atoms with E-state index in [2.05, 4.69) is 10.6 Å². The predicted octanol–water partition coefficient (Wildman–Crippen LogP) is 1.59. The maximum absolute atomic E-state index is 11.6. The number of anilines is 1. The lowest BCUT2D eigenvalue weighted by atomic mass is 9.99. The fourth-order valence-electron chi connectivity index (χ4n) is 1.55. The number of hydrogen-bond acceptors (Lipinski definition) is 3. The first-order valence-electron chi connectivity index (χ1n) is 5.14. The molecule has 1 aromatic rings. The summed E-state index contributed by atoms with van der Waals surface area (Å²) in [5.74, 6) is 0.434. The minimum Gasteiger partial charge on any atom is -0.506 e. The molecule has 1 saturated heterocycles. The average molecular weight is 241 g/mol. The Kier molecular flexibility index (Phi) is 3.31. The highest BCUT2D eigenvalue weighted by atomic mass is 35.5. The Morgan fingerprint density at radius 1 is 1.56 bits per heavy atom. The van der Waals surface area contributed by atoms with Crippen LogP contribution in [0.25, 0.3) is 0 Å². The van der Waals surface area contributed by atoms with E-state index in [0.29, 0.717) is 18.0 Å². The first kappa shape index (κ1) is 11.2. The van der Waals surface area contributed by atoms with Gasteiger partial charge in [-0.05, 0) is 37.2 Å². The average Bonchev–Trinajstić information content (AvgIpc) is 2.18. The summed E-state index contributed by atoms with van der Waals surface area (Å²) in [5.41, 5.74) is 0.611. The molecule has 16 heavy (non-hydrogen) atoms. The number of amides is 1. The molecule has 4 nitrogen and oxygen atoms in total. The number of phenols is 1. The minimum atomic E-state index is -0.0201. The first-order valence-corrected chi connectivity index (χ1v) is 5.52. The van der Waals surface area contributed by atoms with Gasteiger partial charge in [-0.15, -0.1) is 0 Å². The number of carbonyl (C=O) groups is 1. The summed E-state index contributed by atoms with van der Waals surface area (Å²) in [4.78, 5) is 11.6. The molecule has 0 atom stereocenters. The maximum atomic E-state index is 11.6. The van der Waals surface area contributed by atoms with E-state index in [-0.39, 0.29) is 16.7 Å². The molecule has 3 N–H and O–H groups in total. The van der Waals surface area contributed by atoms with Crippen molar-refractivity contribution in [2.24, 2.45) is 5.92 Å². The van der Waals surface area contributed by atoms with Gasteiger partial charge in [-0.1, -0.05) is 11.6 Å². The lowest BCUT2D eigenvalue weighted by molar-refractivity contribution is -0.117. The molecule has 0 bridgehead atoms. The summed E-state index contributed by atoms with van der Waals surface area (Å²) in [5, 5.41) is 15.3. The topological polar surface area (TPSA) is 61.4 Å². The summed E-state index contributed by atoms with van der Waals surface area (Å²) in [6, 6.07) is 4.62. The Hall–Kier alpha value is -1.26. The number of hydrogen-bond donors (Lipinski definition) is 3. The van der Waals surface area contributed by atoms with Crippen molar-refractivity contribution in [3.63, 3.8) is 0 Å². The molecule has 0 radical (unpaired) electrons. The van der Waals surface area contributed by atoms with E-state index >= 15 is 0 Å². The van der Waals surface area contributed by atoms with Crippen LogP contribution in [-0.2, 0) is 4.79 Å². The number of nitrogens with one attached hydrogen (secondary N) is 2. The van der Waals surface area contributed by atoms with Crippen LogP contribution in [0.1, 0.15) is 6.42 Å². The largest absolute Gasteiger partial charge is 0.506 e. The predicted molar refractivity (Wildman–Crippen MR) is 62.7 cm³/mol. The fraction of sp³-hybridized carbons (Fsp3) is 0.364. The van der Waals surface area contributed by atoms with E-state index < -0.39 is 0 Å². The third-order valence-corrected chi connectivity index (χ3v) is 2.87. The van der Waals surface area contributed by atoms with Gasteiger partial charge in [-0.3, -0.25) is 4.79 Å². The zero-order valence-electron chi connectivity index (χ0n) is 8.66. The Labute approximate surface area is 98.6 Å². The van der Waals surface area contributed by atoms with Crippen LogP contribution < -0.4 is 10.6 Å². The van der Waals surface area contributed by atoms with Crippen molar-refractivity contribution < 1.29 is 9.90 Å². The van der Waals surface area contributed by atoms with Crippen LogP contribution in [0.4, 0.5) is 5.69 Å². The van der Waals surface area contributed by atoms with Crippen LogP contribution in [-0.4, -0.2) is 24.1 Å². The van der Waals surface area contributed by atoms with Crippen molar-refractivity contribution in [2.75, 3.05) is 18.4 Å². The zero-order chi connectivity index (χ0) is 11.5. The van der Waals surface area contributed by atoms with E-state index in [9.17, 15) is 9.90 Å². The molecule has 0 aliphatic carbocycles. The molecule has 0 unspecified atom stereocenters. The van der Waals surface area contributed by atoms with E-state index in [1.807, 2.05) is 0 Å². The maximum Gasteiger partial charge on any atom is 0.224 e. The smallest absolute Gasteiger partial charge is 0.224 e. The van der Waals surface area contributed by atoms with Crippen LogP contribution in [0.5, 0.6) is 5.75 Å². The van der Waals surface area contributed by atoms with Crippen LogP contribution in [0.3, 0.4) is 0 Å². The molecule has 1 aliphatic rings. The number of rotatable bonds is 3. The van der Waals surface area contributed by atoms with Gasteiger partial charge in [0.25, 0.3) is 0 Å². The standard InChI is InChI=1S/C11H13ClN2O2/c12-9-4-8(1-2-10(9)15)14-11(16)3-7-5-13-6-7/h1-2,4,7,13,15H,3,5-6H2,(H,14,16). The highest BCUT2D eigenvalue weighted by molar-refractivity contribution is 6.32. The van der Waals surface area contributed by atoms with Gasteiger partial charge in [0, 0.05) is 12.1 Å². The molecular formula is C11H13ClN2O2. The molecule has 1 heterocycles. The van der Waals surface area contributed by atoms with Gasteiger partial charge >= 0.3 is 0 Å². The Bertz CT molecular complexity index is 405. The lowest BCUT2D eigenvalue weighted by Gasteiger charge is -2.26. The highest BCUT2D eigenvalue weighted by Gasteiger charge is 2.20. The van der Waals surface area contributed by atoms with E-state index in [4.69, 9.17) is 11.6 Å². The monoisotopic (exact) mass is 240 g/mol. The summed E-state index contributed by atoms with van der Waals surface area (Å²) in [6.07, 6.45) is 0.519. The van der Waals surface area contributed by atoms with Gasteiger partial charge in [0.15, 0.2) is 0 Å². The number of halogens is 1. The third-order valence-electron chi connectivity index (χ3n) is 2.57. The fourth-order valence-corrected chi connectivity index (χ4v) is 1.73. The summed E-state index contributed by atoms with van der Waals surface area (Å²) in [6.45, 7) is 1.81. The molecular weight excluding hydrogens is 228 g/mol. The van der Waals surface area contributed by atoms with Crippen LogP contribution in [0, 0.1) is 5.92 Å². The second-order valence-corrected chi connectivity index (χ2v) is 4.35. The molecule has 86 valence electrons. The number of phenolic OH excluding ortho intramolecular Hbond substituents is 1. The second-order valence-electron chi connectivity index (χ2n) is 3.94. The van der Waals surface area contributed by atoms with Crippen molar-refractivity contribution in [1.29, 1.82) is 0 Å². The van der Waals surface area contributed by atoms with Crippen LogP contribution in [0.2, 0.25) is 5.02 Å². The summed E-state index contributed by atoms with van der Waals surface area (Å²) < 4.78 is 0. The normalized spacial score (nSPS) is 15.6. The van der Waals surface area contributed by atoms with Crippen molar-refractivity contribution >= 4 is 23.2 Å². The quantitative estimate of drug-likeness (QED) is 0.704. The molecule has 5 heteroatoms. The van der Waals surface area contributed by atoms with Crippen molar-refractivity contribution in [3.05, 3.63) is 23.2 Å². The first-order chi connectivity index (χ1) is 7.65. The molecule has 0 spiro atoms. The van der Waals surface area contributed by atoms with Gasteiger partial charge in [-0.25, -0.2) is 0 Å². The van der Waals surface area contributed by atoms with Gasteiger partial charge in [0.1, 0.15) is 5.75 Å². The molecule has 0 aromatic heterocycles. The second kappa shape index (κ2) is 4.72. The Balaban J connectivity index is 1.92. The van der Waals surface area contributed by atoms with Gasteiger partial charge < -0.3 is 15.7 Å². The highest BCUT2D eigenvalue weighted by Crippen LogP contribution is 2.26. The SMILES string of the molecule is O=C(CC1CNC1)Nc1ccc(O)c(Cl)c1. The molecule has 1 amide bonds. The number of benzene rings is 1. The molecule has 2 rings (SSSR count). The van der Waals surface area contributed by atoms with Crippen LogP contribution >= 0.6 is 11.6 Å². The number of aromatic hydroxyl groups is 1. The molecule has 0 saturated carbocycles. The van der Waals surface area contributed by atoms with E-state index in [1.54, 1.807) is 6.07 Å². The minimum absolute atomic E-state index is 0.0165. The van der Waals surface area contributed by atoms with Crippen molar-refractivity contribution in [3.8, 4) is 5.75 Å². The third kappa shape index (κ3) is 2.65. The van der Waals surface area contributed by atoms with Crippen molar-refractivity contribution in [1.82, 2.24) is 5.32 Å². The Morgan fingerprint density at radius 3 is 2.88 bits per heavy atom. The molecule has 1 aliphatic heterocycles. The zero-order valence-corrected chi connectivity index (χ0v) is 9.42. The summed E-state index contributed by atoms with van der Waals surface area (Å²) >= 11 is 5.73. The molecule has 1 aromatic carbocycles. The van der Waals surface area contributed by atoms with Gasteiger partial charge in [-0.2, -0.15) is 0 Å². The van der Waals surface area contributed by atoms with Crippen LogP contribution in [0.15, 0.2) is 18.2 Å². The Morgan fingerprint density at radius 2 is 2.31 bits per heavy atom. The summed E-state index contributed by atoms with van der Waals surface area (Å²) in [7, 11) is 0. The van der Waals surface area contributed by atoms with Gasteiger partial charge in [0.05, 0.1) is 5.02 Å². The van der Waals surface area contributed by atoms with Gasteiger partial charge in [0.2, 0.25) is 5.91 Å². The van der Waals surface area contributed by atoms with E-state index in [0.717, 1.165) is 13.1 Å².